The molecule has 0 atom stereocenters. The van der Waals surface area contributed by atoms with E-state index in [0.717, 1.165) is 0 Å². The molecule has 0 radical (unpaired) electrons. The van der Waals surface area contributed by atoms with E-state index in [9.17, 15) is 4.79 Å². The number of aromatic amines is 1. The summed E-state index contributed by atoms with van der Waals surface area (Å²) < 4.78 is 0. The van der Waals surface area contributed by atoms with Crippen molar-refractivity contribution in [2.24, 2.45) is 0 Å². The molecule has 0 saturated heterocycles. The van der Waals surface area contributed by atoms with Gasteiger partial charge in [-0.3, -0.25) is 4.79 Å². The molecule has 1 heterocycles. The summed E-state index contributed by atoms with van der Waals surface area (Å²) in [4.78, 5) is 14.7. The summed E-state index contributed by atoms with van der Waals surface area (Å²) in [5.74, 6) is -0.103. The Morgan fingerprint density at radius 2 is 2.00 bits per heavy atom. The minimum absolute atomic E-state index is 0.103. The Morgan fingerprint density at radius 1 is 1.20 bits per heavy atom. The fourth-order valence-corrected chi connectivity index (χ4v) is 1.41. The molecule has 15 heavy (non-hydrogen) atoms. The van der Waals surface area contributed by atoms with Gasteiger partial charge in [-0.15, -0.1) is 0 Å². The van der Waals surface area contributed by atoms with Gasteiger partial charge in [-0.25, -0.2) is 0 Å². The van der Waals surface area contributed by atoms with Crippen LogP contribution in [-0.2, 0) is 0 Å². The fourth-order valence-electron chi connectivity index (χ4n) is 1.41. The molecule has 0 amide bonds. The first-order chi connectivity index (χ1) is 7.18. The van der Waals surface area contributed by atoms with Gasteiger partial charge in [0.15, 0.2) is 5.78 Å². The maximum atomic E-state index is 11.9. The first kappa shape index (κ1) is 9.33. The predicted molar refractivity (Wildman–Crippen MR) is 59.5 cm³/mol. The highest BCUT2D eigenvalue weighted by Gasteiger charge is 2.12. The van der Waals surface area contributed by atoms with E-state index in [1.54, 1.807) is 36.7 Å². The molecular weight excluding hydrogens is 190 g/mol. The zero-order valence-electron chi connectivity index (χ0n) is 8.03. The lowest BCUT2D eigenvalue weighted by Gasteiger charge is -2.03. The van der Waals surface area contributed by atoms with Gasteiger partial charge in [-0.05, 0) is 24.3 Å². The van der Waals surface area contributed by atoms with Crippen LogP contribution >= 0.6 is 0 Å². The van der Waals surface area contributed by atoms with Crippen molar-refractivity contribution in [1.29, 1.82) is 0 Å². The molecule has 0 spiro atoms. The number of rotatable bonds is 2. The normalized spacial score (nSPS) is 10.1. The average molecular weight is 201 g/mol. The zero-order chi connectivity index (χ0) is 10.8. The van der Waals surface area contributed by atoms with Crippen LogP contribution in [-0.4, -0.2) is 10.8 Å². The van der Waals surface area contributed by atoms with Crippen LogP contribution in [0.1, 0.15) is 15.9 Å². The molecule has 0 saturated carbocycles. The Kier molecular flexibility index (Phi) is 2.17. The third-order valence-corrected chi connectivity index (χ3v) is 2.18. The number of hydrogen-bond donors (Lipinski definition) is 3. The molecule has 76 valence electrons. The Labute approximate surface area is 86.9 Å². The lowest BCUT2D eigenvalue weighted by Crippen LogP contribution is -2.04. The Balaban J connectivity index is 2.42. The van der Waals surface area contributed by atoms with E-state index in [2.05, 4.69) is 4.98 Å². The van der Waals surface area contributed by atoms with Crippen molar-refractivity contribution >= 4 is 17.2 Å². The second kappa shape index (κ2) is 3.49. The van der Waals surface area contributed by atoms with Crippen molar-refractivity contribution < 1.29 is 4.79 Å². The number of aromatic nitrogens is 1. The fraction of sp³-hybridized carbons (Fsp3) is 0. The molecule has 4 nitrogen and oxygen atoms in total. The third kappa shape index (κ3) is 1.69. The van der Waals surface area contributed by atoms with Gasteiger partial charge in [0.1, 0.15) is 0 Å². The Hall–Kier alpha value is -2.23. The lowest BCUT2D eigenvalue weighted by atomic mass is 10.0. The molecule has 0 aliphatic carbocycles. The molecule has 5 N–H and O–H groups in total. The molecule has 4 heteroatoms. The molecule has 1 aromatic carbocycles. The summed E-state index contributed by atoms with van der Waals surface area (Å²) in [5, 5.41) is 0. The molecule has 0 unspecified atom stereocenters. The summed E-state index contributed by atoms with van der Waals surface area (Å²) >= 11 is 0. The van der Waals surface area contributed by atoms with Crippen molar-refractivity contribution in [3.05, 3.63) is 47.8 Å². The van der Waals surface area contributed by atoms with E-state index >= 15 is 0 Å². The van der Waals surface area contributed by atoms with Crippen LogP contribution in [0.4, 0.5) is 11.4 Å². The number of carbonyl (C=O) groups is 1. The van der Waals surface area contributed by atoms with Gasteiger partial charge in [0.25, 0.3) is 0 Å². The van der Waals surface area contributed by atoms with Crippen molar-refractivity contribution in [2.45, 2.75) is 0 Å². The van der Waals surface area contributed by atoms with E-state index in [1.165, 1.54) is 0 Å². The number of H-pyrrole nitrogens is 1. The maximum absolute atomic E-state index is 11.9. The van der Waals surface area contributed by atoms with Gasteiger partial charge in [-0.1, -0.05) is 0 Å². The van der Waals surface area contributed by atoms with E-state index in [4.69, 9.17) is 11.5 Å². The van der Waals surface area contributed by atoms with Crippen molar-refractivity contribution in [1.82, 2.24) is 4.98 Å². The number of hydrogen-bond acceptors (Lipinski definition) is 3. The first-order valence-corrected chi connectivity index (χ1v) is 4.51. The van der Waals surface area contributed by atoms with Gasteiger partial charge >= 0.3 is 0 Å². The van der Waals surface area contributed by atoms with Gasteiger partial charge in [0.05, 0.1) is 0 Å². The van der Waals surface area contributed by atoms with Crippen LogP contribution in [0.3, 0.4) is 0 Å². The molecule has 1 aromatic heterocycles. The van der Waals surface area contributed by atoms with Crippen LogP contribution in [0.15, 0.2) is 36.7 Å². The van der Waals surface area contributed by atoms with Gasteiger partial charge in [-0.2, -0.15) is 0 Å². The van der Waals surface area contributed by atoms with Crippen LogP contribution in [0, 0.1) is 0 Å². The number of nitrogens with two attached hydrogens (primary N) is 2. The monoisotopic (exact) mass is 201 g/mol. The predicted octanol–water partition coefficient (Wildman–Crippen LogP) is 1.41. The second-order valence-corrected chi connectivity index (χ2v) is 3.28. The number of nitrogens with one attached hydrogen (secondary N) is 1. The molecule has 2 rings (SSSR count). The standard InChI is InChI=1S/C11H11N3O/c12-8-1-2-9(10(13)5-8)11(15)7-3-4-14-6-7/h1-6,14H,12-13H2. The summed E-state index contributed by atoms with van der Waals surface area (Å²) in [7, 11) is 0. The summed E-state index contributed by atoms with van der Waals surface area (Å²) in [6.07, 6.45) is 3.33. The number of ketones is 1. The van der Waals surface area contributed by atoms with Gasteiger partial charge in [0.2, 0.25) is 0 Å². The van der Waals surface area contributed by atoms with Crippen LogP contribution in [0.25, 0.3) is 0 Å². The second-order valence-electron chi connectivity index (χ2n) is 3.28. The molecule has 0 aliphatic heterocycles. The lowest BCUT2D eigenvalue weighted by molar-refractivity contribution is 0.104. The highest BCUT2D eigenvalue weighted by atomic mass is 16.1. The van der Waals surface area contributed by atoms with E-state index in [-0.39, 0.29) is 5.78 Å². The Morgan fingerprint density at radius 3 is 2.60 bits per heavy atom. The maximum Gasteiger partial charge on any atom is 0.196 e. The SMILES string of the molecule is Nc1ccc(C(=O)c2cc[nH]c2)c(N)c1. The summed E-state index contributed by atoms with van der Waals surface area (Å²) in [6, 6.07) is 6.59. The summed E-state index contributed by atoms with van der Waals surface area (Å²) in [6.45, 7) is 0. The first-order valence-electron chi connectivity index (χ1n) is 4.51. The molecular formula is C11H11N3O. The molecule has 2 aromatic rings. The topological polar surface area (TPSA) is 84.9 Å². The number of nitrogen functional groups attached to an aromatic ring is 2. The van der Waals surface area contributed by atoms with Crippen molar-refractivity contribution in [3.63, 3.8) is 0 Å². The van der Waals surface area contributed by atoms with Crippen LogP contribution < -0.4 is 11.5 Å². The summed E-state index contributed by atoms with van der Waals surface area (Å²) in [5.41, 5.74) is 13.3. The van der Waals surface area contributed by atoms with Crippen molar-refractivity contribution in [2.75, 3.05) is 11.5 Å². The van der Waals surface area contributed by atoms with Crippen LogP contribution in [0.5, 0.6) is 0 Å². The zero-order valence-corrected chi connectivity index (χ0v) is 8.03. The van der Waals surface area contributed by atoms with E-state index in [1.807, 2.05) is 0 Å². The third-order valence-electron chi connectivity index (χ3n) is 2.18. The molecule has 0 bridgehead atoms. The number of benzene rings is 1. The van der Waals surface area contributed by atoms with E-state index < -0.39 is 0 Å². The van der Waals surface area contributed by atoms with Crippen LogP contribution in [0.2, 0.25) is 0 Å². The quantitative estimate of drug-likeness (QED) is 0.507. The van der Waals surface area contributed by atoms with Gasteiger partial charge in [0, 0.05) is 34.9 Å². The highest BCUT2D eigenvalue weighted by Crippen LogP contribution is 2.19. The smallest absolute Gasteiger partial charge is 0.196 e. The number of anilines is 2. The molecule has 0 fully saturated rings. The Bertz CT molecular complexity index is 489. The minimum Gasteiger partial charge on any atom is -0.399 e. The van der Waals surface area contributed by atoms with Crippen molar-refractivity contribution in [3.8, 4) is 0 Å². The highest BCUT2D eigenvalue weighted by molar-refractivity contribution is 6.12. The minimum atomic E-state index is -0.103. The average Bonchev–Trinajstić information content (AvgIpc) is 2.69. The van der Waals surface area contributed by atoms with E-state index in [0.29, 0.717) is 22.5 Å². The largest absolute Gasteiger partial charge is 0.399 e. The number of carbonyl (C=O) groups excluding carboxylic acids is 1. The van der Waals surface area contributed by atoms with Gasteiger partial charge < -0.3 is 16.5 Å². The molecule has 0 aliphatic rings.